The van der Waals surface area contributed by atoms with Gasteiger partial charge < -0.3 is 19.5 Å². The molecule has 0 heterocycles. The van der Waals surface area contributed by atoms with E-state index in [0.717, 1.165) is 10.6 Å². The van der Waals surface area contributed by atoms with Crippen LogP contribution in [0.1, 0.15) is 6.92 Å². The highest BCUT2D eigenvalue weighted by Gasteiger charge is 2.07. The normalized spacial score (nSPS) is 10.1. The second kappa shape index (κ2) is 9.08. The predicted octanol–water partition coefficient (Wildman–Crippen LogP) is 3.83. The molecule has 24 heavy (non-hydrogen) atoms. The van der Waals surface area contributed by atoms with E-state index in [4.69, 9.17) is 14.2 Å². The summed E-state index contributed by atoms with van der Waals surface area (Å²) >= 11 is 1.46. The molecule has 0 radical (unpaired) electrons. The summed E-state index contributed by atoms with van der Waals surface area (Å²) in [7, 11) is 3.14. The van der Waals surface area contributed by atoms with Gasteiger partial charge in [-0.3, -0.25) is 4.79 Å². The van der Waals surface area contributed by atoms with Crippen LogP contribution in [-0.4, -0.2) is 32.5 Å². The van der Waals surface area contributed by atoms with Crippen molar-refractivity contribution >= 4 is 23.4 Å². The quantitative estimate of drug-likeness (QED) is 0.736. The number of hydrogen-bond donors (Lipinski definition) is 1. The molecule has 2 aromatic rings. The number of thioether (sulfide) groups is 1. The van der Waals surface area contributed by atoms with Gasteiger partial charge in [0.05, 0.1) is 26.6 Å². The van der Waals surface area contributed by atoms with Gasteiger partial charge in [-0.1, -0.05) is 0 Å². The van der Waals surface area contributed by atoms with Crippen molar-refractivity contribution in [3.05, 3.63) is 42.5 Å². The Hall–Kier alpha value is -2.34. The molecule has 0 aliphatic rings. The van der Waals surface area contributed by atoms with Crippen molar-refractivity contribution in [1.29, 1.82) is 0 Å². The van der Waals surface area contributed by atoms with E-state index in [1.807, 2.05) is 31.2 Å². The molecule has 0 atom stereocenters. The zero-order valence-corrected chi connectivity index (χ0v) is 14.8. The molecular formula is C18H21NO4S. The highest BCUT2D eigenvalue weighted by molar-refractivity contribution is 8.00. The molecule has 6 heteroatoms. The fourth-order valence-corrected chi connectivity index (χ4v) is 2.72. The number of carbonyl (C=O) groups is 1. The molecule has 1 amide bonds. The lowest BCUT2D eigenvalue weighted by Gasteiger charge is -2.10. The first-order valence-corrected chi connectivity index (χ1v) is 8.51. The van der Waals surface area contributed by atoms with Crippen LogP contribution in [0.15, 0.2) is 47.4 Å². The van der Waals surface area contributed by atoms with Crippen molar-refractivity contribution in [2.45, 2.75) is 11.8 Å². The maximum atomic E-state index is 12.1. The standard InChI is InChI=1S/C18H21NO4S/c1-4-23-14-5-7-17(8-6-14)24-12-18(20)19-13-9-15(21-2)11-16(10-13)22-3/h5-11H,4,12H2,1-3H3,(H,19,20). The van der Waals surface area contributed by atoms with E-state index in [0.29, 0.717) is 29.5 Å². The Morgan fingerprint density at radius 2 is 1.62 bits per heavy atom. The topological polar surface area (TPSA) is 56.8 Å². The van der Waals surface area contributed by atoms with Crippen LogP contribution < -0.4 is 19.5 Å². The summed E-state index contributed by atoms with van der Waals surface area (Å²) in [5.74, 6) is 2.31. The Balaban J connectivity index is 1.91. The van der Waals surface area contributed by atoms with Gasteiger partial charge in [-0.05, 0) is 31.2 Å². The monoisotopic (exact) mass is 347 g/mol. The fraction of sp³-hybridized carbons (Fsp3) is 0.278. The van der Waals surface area contributed by atoms with E-state index in [1.54, 1.807) is 32.4 Å². The number of ether oxygens (including phenoxy) is 3. The first-order chi connectivity index (χ1) is 11.6. The van der Waals surface area contributed by atoms with Crippen molar-refractivity contribution in [1.82, 2.24) is 0 Å². The molecule has 5 nitrogen and oxygen atoms in total. The van der Waals surface area contributed by atoms with Crippen LogP contribution >= 0.6 is 11.8 Å². The minimum atomic E-state index is -0.0933. The molecule has 0 saturated heterocycles. The van der Waals surface area contributed by atoms with E-state index in [9.17, 15) is 4.79 Å². The van der Waals surface area contributed by atoms with Crippen molar-refractivity contribution in [2.24, 2.45) is 0 Å². The van der Waals surface area contributed by atoms with E-state index in [1.165, 1.54) is 11.8 Å². The molecule has 0 aliphatic heterocycles. The Morgan fingerprint density at radius 3 is 2.17 bits per heavy atom. The Morgan fingerprint density at radius 1 is 1.00 bits per heavy atom. The number of carbonyl (C=O) groups excluding carboxylic acids is 1. The first kappa shape index (κ1) is 18.0. The zero-order valence-electron chi connectivity index (χ0n) is 14.0. The van der Waals surface area contributed by atoms with Crippen molar-refractivity contribution in [3.8, 4) is 17.2 Å². The number of rotatable bonds is 8. The van der Waals surface area contributed by atoms with Crippen LogP contribution in [0.2, 0.25) is 0 Å². The smallest absolute Gasteiger partial charge is 0.234 e. The molecule has 128 valence electrons. The van der Waals surface area contributed by atoms with Gasteiger partial charge >= 0.3 is 0 Å². The number of nitrogens with one attached hydrogen (secondary N) is 1. The van der Waals surface area contributed by atoms with Crippen molar-refractivity contribution in [2.75, 3.05) is 31.9 Å². The van der Waals surface area contributed by atoms with E-state index >= 15 is 0 Å². The lowest BCUT2D eigenvalue weighted by molar-refractivity contribution is -0.113. The molecular weight excluding hydrogens is 326 g/mol. The third-order valence-corrected chi connectivity index (χ3v) is 4.15. The molecule has 0 fully saturated rings. The van der Waals surface area contributed by atoms with Gasteiger partial charge in [0.15, 0.2) is 0 Å². The molecule has 0 aliphatic carbocycles. The summed E-state index contributed by atoms with van der Waals surface area (Å²) < 4.78 is 15.8. The summed E-state index contributed by atoms with van der Waals surface area (Å²) in [6.07, 6.45) is 0. The van der Waals surface area contributed by atoms with Gasteiger partial charge in [-0.25, -0.2) is 0 Å². The zero-order chi connectivity index (χ0) is 17.4. The molecule has 0 spiro atoms. The van der Waals surface area contributed by atoms with Gasteiger partial charge in [0.2, 0.25) is 5.91 Å². The first-order valence-electron chi connectivity index (χ1n) is 7.53. The lowest BCUT2D eigenvalue weighted by Crippen LogP contribution is -2.14. The van der Waals surface area contributed by atoms with Crippen LogP contribution in [-0.2, 0) is 4.79 Å². The van der Waals surface area contributed by atoms with Crippen LogP contribution in [0.4, 0.5) is 5.69 Å². The van der Waals surface area contributed by atoms with Crippen molar-refractivity contribution in [3.63, 3.8) is 0 Å². The van der Waals surface area contributed by atoms with Crippen LogP contribution in [0, 0.1) is 0 Å². The van der Waals surface area contributed by atoms with Gasteiger partial charge in [0.1, 0.15) is 17.2 Å². The molecule has 0 aromatic heterocycles. The van der Waals surface area contributed by atoms with Crippen LogP contribution in [0.3, 0.4) is 0 Å². The number of methoxy groups -OCH3 is 2. The number of hydrogen-bond acceptors (Lipinski definition) is 5. The van der Waals surface area contributed by atoms with E-state index in [-0.39, 0.29) is 5.91 Å². The Kier molecular flexibility index (Phi) is 6.81. The summed E-state index contributed by atoms with van der Waals surface area (Å²) in [5, 5.41) is 2.85. The molecule has 0 bridgehead atoms. The van der Waals surface area contributed by atoms with Gasteiger partial charge in [0, 0.05) is 28.8 Å². The van der Waals surface area contributed by atoms with Gasteiger partial charge in [0.25, 0.3) is 0 Å². The van der Waals surface area contributed by atoms with Crippen LogP contribution in [0.5, 0.6) is 17.2 Å². The fourth-order valence-electron chi connectivity index (χ4n) is 2.02. The number of benzene rings is 2. The summed E-state index contributed by atoms with van der Waals surface area (Å²) in [4.78, 5) is 13.1. The average Bonchev–Trinajstić information content (AvgIpc) is 2.61. The molecule has 1 N–H and O–H groups in total. The van der Waals surface area contributed by atoms with E-state index < -0.39 is 0 Å². The summed E-state index contributed by atoms with van der Waals surface area (Å²) in [6.45, 7) is 2.58. The highest BCUT2D eigenvalue weighted by Crippen LogP contribution is 2.26. The second-order valence-corrected chi connectivity index (χ2v) is 5.89. The third kappa shape index (κ3) is 5.38. The largest absolute Gasteiger partial charge is 0.497 e. The minimum Gasteiger partial charge on any atom is -0.497 e. The summed E-state index contributed by atoms with van der Waals surface area (Å²) in [6, 6.07) is 12.9. The predicted molar refractivity (Wildman–Crippen MR) is 96.5 cm³/mol. The number of anilines is 1. The average molecular weight is 347 g/mol. The Labute approximate surface area is 146 Å². The molecule has 2 aromatic carbocycles. The summed E-state index contributed by atoms with van der Waals surface area (Å²) in [5.41, 5.74) is 0.642. The Bertz CT molecular complexity index is 651. The maximum absolute atomic E-state index is 12.1. The third-order valence-electron chi connectivity index (χ3n) is 3.14. The molecule has 0 saturated carbocycles. The van der Waals surface area contributed by atoms with Gasteiger partial charge in [-0.2, -0.15) is 0 Å². The maximum Gasteiger partial charge on any atom is 0.234 e. The second-order valence-electron chi connectivity index (χ2n) is 4.84. The molecule has 2 rings (SSSR count). The van der Waals surface area contributed by atoms with E-state index in [2.05, 4.69) is 5.32 Å². The lowest BCUT2D eigenvalue weighted by atomic mass is 10.2. The highest BCUT2D eigenvalue weighted by atomic mass is 32.2. The number of amides is 1. The van der Waals surface area contributed by atoms with Gasteiger partial charge in [-0.15, -0.1) is 11.8 Å². The minimum absolute atomic E-state index is 0.0933. The van der Waals surface area contributed by atoms with Crippen LogP contribution in [0.25, 0.3) is 0 Å². The SMILES string of the molecule is CCOc1ccc(SCC(=O)Nc2cc(OC)cc(OC)c2)cc1. The molecule has 0 unspecified atom stereocenters. The van der Waals surface area contributed by atoms with Crippen molar-refractivity contribution < 1.29 is 19.0 Å².